The number of nitriles is 1. The van der Waals surface area contributed by atoms with Crippen LogP contribution in [-0.4, -0.2) is 30.1 Å². The van der Waals surface area contributed by atoms with Gasteiger partial charge in [-0.3, -0.25) is 4.90 Å². The highest BCUT2D eigenvalue weighted by Crippen LogP contribution is 2.22. The van der Waals surface area contributed by atoms with Crippen molar-refractivity contribution in [3.63, 3.8) is 0 Å². The Kier molecular flexibility index (Phi) is 4.00. The van der Waals surface area contributed by atoms with Gasteiger partial charge in [-0.25, -0.2) is 0 Å². The quantitative estimate of drug-likeness (QED) is 0.866. The molecule has 1 N–H and O–H groups in total. The molecule has 0 bridgehead atoms. The molecule has 1 aliphatic heterocycles. The van der Waals surface area contributed by atoms with Crippen LogP contribution in [0.15, 0.2) is 24.3 Å². The lowest BCUT2D eigenvalue weighted by Gasteiger charge is -2.39. The standard InChI is InChI=1S/C15H21N3/c1-11-9-18(10-12(2)17-11)13(3)15-6-4-14(8-16)5-7-15/h4-7,11-13,17H,9-10H2,1-3H3. The largest absolute Gasteiger partial charge is 0.309 e. The van der Waals surface area contributed by atoms with Gasteiger partial charge in [-0.05, 0) is 38.5 Å². The summed E-state index contributed by atoms with van der Waals surface area (Å²) in [5.74, 6) is 0. The number of benzene rings is 1. The van der Waals surface area contributed by atoms with Gasteiger partial charge in [0, 0.05) is 31.2 Å². The first-order valence-corrected chi connectivity index (χ1v) is 6.60. The van der Waals surface area contributed by atoms with Crippen LogP contribution in [-0.2, 0) is 0 Å². The molecule has 2 rings (SSSR count). The number of nitrogens with one attached hydrogen (secondary N) is 1. The van der Waals surface area contributed by atoms with Crippen LogP contribution >= 0.6 is 0 Å². The Hall–Kier alpha value is -1.37. The Labute approximate surface area is 109 Å². The third kappa shape index (κ3) is 2.90. The van der Waals surface area contributed by atoms with E-state index in [1.54, 1.807) is 0 Å². The molecule has 1 aromatic rings. The van der Waals surface area contributed by atoms with Crippen molar-refractivity contribution in [2.24, 2.45) is 0 Å². The summed E-state index contributed by atoms with van der Waals surface area (Å²) in [4.78, 5) is 2.51. The van der Waals surface area contributed by atoms with Crippen molar-refractivity contribution < 1.29 is 0 Å². The highest BCUT2D eigenvalue weighted by molar-refractivity contribution is 5.32. The van der Waals surface area contributed by atoms with Crippen molar-refractivity contribution in [2.45, 2.75) is 38.9 Å². The Bertz CT molecular complexity index is 422. The van der Waals surface area contributed by atoms with E-state index in [0.29, 0.717) is 18.1 Å². The zero-order chi connectivity index (χ0) is 13.1. The molecule has 3 atom stereocenters. The molecule has 3 unspecified atom stereocenters. The number of hydrogen-bond acceptors (Lipinski definition) is 3. The van der Waals surface area contributed by atoms with Crippen LogP contribution in [0.25, 0.3) is 0 Å². The monoisotopic (exact) mass is 243 g/mol. The van der Waals surface area contributed by atoms with Crippen molar-refractivity contribution in [3.05, 3.63) is 35.4 Å². The Morgan fingerprint density at radius 2 is 1.78 bits per heavy atom. The Morgan fingerprint density at radius 1 is 1.22 bits per heavy atom. The van der Waals surface area contributed by atoms with Gasteiger partial charge >= 0.3 is 0 Å². The normalized spacial score (nSPS) is 26.6. The second kappa shape index (κ2) is 5.51. The summed E-state index contributed by atoms with van der Waals surface area (Å²) in [5.41, 5.74) is 2.02. The molecule has 1 fully saturated rings. The molecule has 1 heterocycles. The lowest BCUT2D eigenvalue weighted by molar-refractivity contribution is 0.131. The molecule has 0 aliphatic carbocycles. The summed E-state index contributed by atoms with van der Waals surface area (Å²) in [6.45, 7) is 8.85. The van der Waals surface area contributed by atoms with Crippen LogP contribution in [0.4, 0.5) is 0 Å². The zero-order valence-electron chi connectivity index (χ0n) is 11.4. The van der Waals surface area contributed by atoms with E-state index >= 15 is 0 Å². The molecule has 1 saturated heterocycles. The molecule has 3 nitrogen and oxygen atoms in total. The lowest BCUT2D eigenvalue weighted by Crippen LogP contribution is -2.54. The van der Waals surface area contributed by atoms with Crippen LogP contribution < -0.4 is 5.32 Å². The summed E-state index contributed by atoms with van der Waals surface area (Å²) in [5, 5.41) is 12.4. The minimum absolute atomic E-state index is 0.407. The highest BCUT2D eigenvalue weighted by atomic mass is 15.2. The number of hydrogen-bond donors (Lipinski definition) is 1. The maximum atomic E-state index is 8.82. The van der Waals surface area contributed by atoms with Gasteiger partial charge < -0.3 is 5.32 Å². The second-order valence-corrected chi connectivity index (χ2v) is 5.33. The van der Waals surface area contributed by atoms with Crippen molar-refractivity contribution in [1.29, 1.82) is 5.26 Å². The minimum atomic E-state index is 0.407. The van der Waals surface area contributed by atoms with Gasteiger partial charge in [0.05, 0.1) is 11.6 Å². The molecular weight excluding hydrogens is 222 g/mol. The Balaban J connectivity index is 2.10. The highest BCUT2D eigenvalue weighted by Gasteiger charge is 2.25. The average Bonchev–Trinajstić information content (AvgIpc) is 2.37. The molecule has 1 aliphatic rings. The fraction of sp³-hybridized carbons (Fsp3) is 0.533. The van der Waals surface area contributed by atoms with E-state index in [1.165, 1.54) is 5.56 Å². The van der Waals surface area contributed by atoms with Crippen LogP contribution in [0.3, 0.4) is 0 Å². The Morgan fingerprint density at radius 3 is 2.28 bits per heavy atom. The number of rotatable bonds is 2. The van der Waals surface area contributed by atoms with Gasteiger partial charge in [0.25, 0.3) is 0 Å². The minimum Gasteiger partial charge on any atom is -0.309 e. The molecule has 96 valence electrons. The van der Waals surface area contributed by atoms with E-state index in [0.717, 1.165) is 18.7 Å². The molecule has 0 amide bonds. The first kappa shape index (κ1) is 13.1. The van der Waals surface area contributed by atoms with E-state index in [1.807, 2.05) is 12.1 Å². The van der Waals surface area contributed by atoms with Crippen molar-refractivity contribution in [2.75, 3.05) is 13.1 Å². The van der Waals surface area contributed by atoms with E-state index in [-0.39, 0.29) is 0 Å². The number of piperazine rings is 1. The van der Waals surface area contributed by atoms with Gasteiger partial charge in [-0.2, -0.15) is 5.26 Å². The molecule has 1 aromatic carbocycles. The lowest BCUT2D eigenvalue weighted by atomic mass is 10.0. The molecule has 18 heavy (non-hydrogen) atoms. The first-order chi connectivity index (χ1) is 8.60. The molecular formula is C15H21N3. The van der Waals surface area contributed by atoms with E-state index in [9.17, 15) is 0 Å². The van der Waals surface area contributed by atoms with E-state index in [4.69, 9.17) is 5.26 Å². The summed E-state index contributed by atoms with van der Waals surface area (Å²) >= 11 is 0. The van der Waals surface area contributed by atoms with Gasteiger partial charge in [0.15, 0.2) is 0 Å². The van der Waals surface area contributed by atoms with Crippen LogP contribution in [0.1, 0.15) is 37.9 Å². The fourth-order valence-electron chi connectivity index (χ4n) is 2.73. The molecule has 0 radical (unpaired) electrons. The topological polar surface area (TPSA) is 39.1 Å². The smallest absolute Gasteiger partial charge is 0.0991 e. The summed E-state index contributed by atoms with van der Waals surface area (Å²) < 4.78 is 0. The van der Waals surface area contributed by atoms with E-state index < -0.39 is 0 Å². The van der Waals surface area contributed by atoms with Gasteiger partial charge in [-0.1, -0.05) is 12.1 Å². The van der Waals surface area contributed by atoms with Crippen LogP contribution in [0.2, 0.25) is 0 Å². The second-order valence-electron chi connectivity index (χ2n) is 5.33. The third-order valence-electron chi connectivity index (χ3n) is 3.66. The predicted molar refractivity (Wildman–Crippen MR) is 73.2 cm³/mol. The van der Waals surface area contributed by atoms with Crippen LogP contribution in [0, 0.1) is 11.3 Å². The average molecular weight is 243 g/mol. The number of nitrogens with zero attached hydrogens (tertiary/aromatic N) is 2. The fourth-order valence-corrected chi connectivity index (χ4v) is 2.73. The zero-order valence-corrected chi connectivity index (χ0v) is 11.4. The SMILES string of the molecule is CC1CN(C(C)c2ccc(C#N)cc2)CC(C)N1. The summed E-state index contributed by atoms with van der Waals surface area (Å²) in [6.07, 6.45) is 0. The van der Waals surface area contributed by atoms with Crippen molar-refractivity contribution >= 4 is 0 Å². The van der Waals surface area contributed by atoms with Crippen LogP contribution in [0.5, 0.6) is 0 Å². The van der Waals surface area contributed by atoms with Gasteiger partial charge in [0.1, 0.15) is 0 Å². The molecule has 3 heteroatoms. The molecule has 0 aromatic heterocycles. The van der Waals surface area contributed by atoms with Crippen molar-refractivity contribution in [1.82, 2.24) is 10.2 Å². The summed E-state index contributed by atoms with van der Waals surface area (Å²) in [7, 11) is 0. The molecule has 0 saturated carbocycles. The van der Waals surface area contributed by atoms with Crippen molar-refractivity contribution in [3.8, 4) is 6.07 Å². The maximum absolute atomic E-state index is 8.82. The first-order valence-electron chi connectivity index (χ1n) is 6.60. The van der Waals surface area contributed by atoms with E-state index in [2.05, 4.69) is 49.2 Å². The predicted octanol–water partition coefficient (Wildman–Crippen LogP) is 2.30. The van der Waals surface area contributed by atoms with Gasteiger partial charge in [-0.15, -0.1) is 0 Å². The molecule has 0 spiro atoms. The maximum Gasteiger partial charge on any atom is 0.0991 e. The van der Waals surface area contributed by atoms with Gasteiger partial charge in [0.2, 0.25) is 0 Å². The summed E-state index contributed by atoms with van der Waals surface area (Å²) in [6, 6.07) is 11.6. The third-order valence-corrected chi connectivity index (χ3v) is 3.66.